The van der Waals surface area contributed by atoms with Crippen molar-refractivity contribution in [1.29, 1.82) is 0 Å². The van der Waals surface area contributed by atoms with Crippen LogP contribution in [0.25, 0.3) is 0 Å². The lowest BCUT2D eigenvalue weighted by molar-refractivity contribution is -0.135. The quantitative estimate of drug-likeness (QED) is 0.306. The molecule has 0 N–H and O–H groups in total. The van der Waals surface area contributed by atoms with Crippen LogP contribution in [0.3, 0.4) is 0 Å². The number of rotatable bonds is 6. The van der Waals surface area contributed by atoms with Crippen LogP contribution in [0.2, 0.25) is 0 Å². The molecule has 1 aliphatic rings. The van der Waals surface area contributed by atoms with E-state index < -0.39 is 29.4 Å². The molecule has 2 unspecified atom stereocenters. The molecule has 0 spiro atoms. The number of anilines is 1. The van der Waals surface area contributed by atoms with Crippen LogP contribution in [0.15, 0.2) is 54.7 Å². The summed E-state index contributed by atoms with van der Waals surface area (Å²) in [4.78, 5) is 45.8. The second-order valence-electron chi connectivity index (χ2n) is 9.31. The molecule has 1 aromatic carbocycles. The van der Waals surface area contributed by atoms with Gasteiger partial charge in [-0.2, -0.15) is 5.10 Å². The molecular formula is C27H28N4O3. The third-order valence-electron chi connectivity index (χ3n) is 6.26. The number of nitrogens with zero attached hydrogens (tertiary/aromatic N) is 4. The predicted octanol–water partition coefficient (Wildman–Crippen LogP) is 4.58. The van der Waals surface area contributed by atoms with E-state index in [1.807, 2.05) is 18.2 Å². The molecule has 34 heavy (non-hydrogen) atoms. The third-order valence-corrected chi connectivity index (χ3v) is 6.26. The molecule has 1 aliphatic heterocycles. The second-order valence-corrected chi connectivity index (χ2v) is 9.31. The minimum atomic E-state index is -1.22. The summed E-state index contributed by atoms with van der Waals surface area (Å²) in [5, 5.41) is 8.17. The molecule has 0 saturated carbocycles. The summed E-state index contributed by atoms with van der Waals surface area (Å²) in [5.74, 6) is -2.38. The van der Waals surface area contributed by atoms with E-state index in [-0.39, 0.29) is 11.7 Å². The summed E-state index contributed by atoms with van der Waals surface area (Å²) in [6, 6.07) is 13.3. The van der Waals surface area contributed by atoms with Gasteiger partial charge in [-0.05, 0) is 48.1 Å². The number of aromatic nitrogens is 3. The van der Waals surface area contributed by atoms with Crippen molar-refractivity contribution in [3.05, 3.63) is 82.8 Å². The first-order chi connectivity index (χ1) is 16.2. The summed E-state index contributed by atoms with van der Waals surface area (Å²) in [6.45, 7) is 10.0. The Bertz CT molecular complexity index is 1220. The number of carbonyl (C=O) groups is 3. The lowest BCUT2D eigenvalue weighted by Gasteiger charge is -2.25. The van der Waals surface area contributed by atoms with Crippen molar-refractivity contribution < 1.29 is 14.4 Å². The number of Topliss-reactive ketones (excluding diaryl/α,β-unsaturated/α-hetero) is 2. The first-order valence-corrected chi connectivity index (χ1v) is 11.5. The summed E-state index contributed by atoms with van der Waals surface area (Å²) in [7, 11) is 0. The van der Waals surface area contributed by atoms with Crippen molar-refractivity contribution in [2.75, 3.05) is 4.90 Å². The maximum atomic E-state index is 13.6. The van der Waals surface area contributed by atoms with E-state index in [0.717, 1.165) is 11.1 Å². The Hall–Kier alpha value is -3.74. The van der Waals surface area contributed by atoms with Crippen LogP contribution >= 0.6 is 0 Å². The summed E-state index contributed by atoms with van der Waals surface area (Å²) < 4.78 is 0. The molecule has 2 atom stereocenters. The van der Waals surface area contributed by atoms with Crippen molar-refractivity contribution in [2.24, 2.45) is 5.92 Å². The average Bonchev–Trinajstić information content (AvgIpc) is 3.09. The Morgan fingerprint density at radius 1 is 0.853 bits per heavy atom. The van der Waals surface area contributed by atoms with Crippen molar-refractivity contribution in [1.82, 2.24) is 15.2 Å². The van der Waals surface area contributed by atoms with Gasteiger partial charge in [0.2, 0.25) is 5.78 Å². The molecule has 7 heteroatoms. The van der Waals surface area contributed by atoms with Crippen LogP contribution in [-0.2, 0) is 9.59 Å². The first-order valence-electron chi connectivity index (χ1n) is 11.5. The van der Waals surface area contributed by atoms with Crippen LogP contribution in [0.4, 0.5) is 5.82 Å². The summed E-state index contributed by atoms with van der Waals surface area (Å²) in [6.07, 6.45) is 1.73. The van der Waals surface area contributed by atoms with E-state index in [1.165, 1.54) is 4.90 Å². The fraction of sp³-hybridized carbons (Fsp3) is 0.333. The zero-order valence-corrected chi connectivity index (χ0v) is 20.0. The monoisotopic (exact) mass is 456 g/mol. The summed E-state index contributed by atoms with van der Waals surface area (Å²) >= 11 is 0. The molecule has 174 valence electrons. The van der Waals surface area contributed by atoms with Crippen molar-refractivity contribution in [2.45, 2.75) is 52.5 Å². The van der Waals surface area contributed by atoms with Gasteiger partial charge in [0.15, 0.2) is 11.6 Å². The number of hydrogen-bond acceptors (Lipinski definition) is 6. The van der Waals surface area contributed by atoms with Crippen LogP contribution in [0.1, 0.15) is 78.4 Å². The van der Waals surface area contributed by atoms with E-state index in [1.54, 1.807) is 43.5 Å². The molecular weight excluding hydrogens is 428 g/mol. The van der Waals surface area contributed by atoms with Gasteiger partial charge >= 0.3 is 0 Å². The fourth-order valence-corrected chi connectivity index (χ4v) is 4.15. The van der Waals surface area contributed by atoms with Gasteiger partial charge in [0.1, 0.15) is 5.92 Å². The Labute approximate surface area is 199 Å². The van der Waals surface area contributed by atoms with Gasteiger partial charge < -0.3 is 0 Å². The minimum absolute atomic E-state index is 0.217. The van der Waals surface area contributed by atoms with Crippen molar-refractivity contribution in [3.8, 4) is 0 Å². The van der Waals surface area contributed by atoms with Gasteiger partial charge in [0.25, 0.3) is 5.91 Å². The standard InChI is InChI=1S/C27H28N4O3/c1-15(2)18-7-9-19(10-8-18)25(32)23-24(21-12-11-20(14-28-21)16(3)4)31(27(34)26(23)33)22-13-6-17(5)29-30-22/h6-16,23-24H,1-5H3. The first kappa shape index (κ1) is 23.4. The van der Waals surface area contributed by atoms with Gasteiger partial charge in [0.05, 0.1) is 17.4 Å². The number of benzene rings is 1. The van der Waals surface area contributed by atoms with Gasteiger partial charge in [-0.1, -0.05) is 58.0 Å². The van der Waals surface area contributed by atoms with Crippen LogP contribution in [0, 0.1) is 12.8 Å². The zero-order chi connectivity index (χ0) is 24.6. The highest BCUT2D eigenvalue weighted by Crippen LogP contribution is 2.40. The van der Waals surface area contributed by atoms with Gasteiger partial charge in [-0.25, -0.2) is 0 Å². The molecule has 4 rings (SSSR count). The number of pyridine rings is 1. The Morgan fingerprint density at radius 3 is 2.03 bits per heavy atom. The number of amides is 1. The smallest absolute Gasteiger partial charge is 0.293 e. The normalized spacial score (nSPS) is 18.3. The fourth-order valence-electron chi connectivity index (χ4n) is 4.15. The third kappa shape index (κ3) is 4.25. The van der Waals surface area contributed by atoms with Gasteiger partial charge in [0, 0.05) is 11.8 Å². The number of carbonyl (C=O) groups excluding carboxylic acids is 3. The Balaban J connectivity index is 1.81. The van der Waals surface area contributed by atoms with E-state index in [2.05, 4.69) is 42.9 Å². The molecule has 1 amide bonds. The van der Waals surface area contributed by atoms with Crippen LogP contribution in [0.5, 0.6) is 0 Å². The largest absolute Gasteiger partial charge is 0.297 e. The van der Waals surface area contributed by atoms with Crippen LogP contribution in [-0.4, -0.2) is 32.7 Å². The number of aryl methyl sites for hydroxylation is 1. The highest BCUT2D eigenvalue weighted by Gasteiger charge is 2.53. The molecule has 0 bridgehead atoms. The predicted molar refractivity (Wildman–Crippen MR) is 129 cm³/mol. The SMILES string of the molecule is Cc1ccc(N2C(=O)C(=O)C(C(=O)c3ccc(C(C)C)cc3)C2c2ccc(C(C)C)cn2)nn1. The highest BCUT2D eigenvalue weighted by molar-refractivity contribution is 6.48. The number of hydrogen-bond donors (Lipinski definition) is 0. The molecule has 3 heterocycles. The van der Waals surface area contributed by atoms with E-state index in [0.29, 0.717) is 22.9 Å². The second kappa shape index (κ2) is 9.25. The molecule has 2 aromatic heterocycles. The lowest BCUT2D eigenvalue weighted by Crippen LogP contribution is -2.32. The summed E-state index contributed by atoms with van der Waals surface area (Å²) in [5.41, 5.74) is 3.63. The lowest BCUT2D eigenvalue weighted by atomic mass is 9.87. The van der Waals surface area contributed by atoms with E-state index >= 15 is 0 Å². The number of ketones is 2. The zero-order valence-electron chi connectivity index (χ0n) is 20.0. The molecule has 3 aromatic rings. The Kier molecular flexibility index (Phi) is 6.37. The average molecular weight is 457 g/mol. The molecule has 0 radical (unpaired) electrons. The maximum absolute atomic E-state index is 13.6. The molecule has 0 aliphatic carbocycles. The molecule has 7 nitrogen and oxygen atoms in total. The van der Waals surface area contributed by atoms with Gasteiger partial charge in [-0.15, -0.1) is 5.10 Å². The van der Waals surface area contributed by atoms with Crippen LogP contribution < -0.4 is 4.90 Å². The Morgan fingerprint density at radius 2 is 1.50 bits per heavy atom. The van der Waals surface area contributed by atoms with E-state index in [9.17, 15) is 14.4 Å². The van der Waals surface area contributed by atoms with Crippen molar-refractivity contribution >= 4 is 23.3 Å². The molecule has 1 fully saturated rings. The maximum Gasteiger partial charge on any atom is 0.297 e. The highest BCUT2D eigenvalue weighted by atomic mass is 16.2. The topological polar surface area (TPSA) is 93.1 Å². The van der Waals surface area contributed by atoms with E-state index in [4.69, 9.17) is 0 Å². The minimum Gasteiger partial charge on any atom is -0.293 e. The molecule has 1 saturated heterocycles. The van der Waals surface area contributed by atoms with Crippen molar-refractivity contribution in [3.63, 3.8) is 0 Å². The van der Waals surface area contributed by atoms with Gasteiger partial charge in [-0.3, -0.25) is 24.3 Å².